The van der Waals surface area contributed by atoms with Crippen LogP contribution in [0.3, 0.4) is 0 Å². The Kier molecular flexibility index (Phi) is 4.87. The molecule has 0 aromatic heterocycles. The van der Waals surface area contributed by atoms with Crippen molar-refractivity contribution < 1.29 is 9.18 Å². The van der Waals surface area contributed by atoms with Gasteiger partial charge in [0, 0.05) is 18.2 Å². The van der Waals surface area contributed by atoms with Crippen LogP contribution in [-0.2, 0) is 4.79 Å². The maximum atomic E-state index is 13.1. The first-order valence-electron chi connectivity index (χ1n) is 6.11. The molecule has 104 valence electrons. The van der Waals surface area contributed by atoms with E-state index in [1.807, 2.05) is 30.3 Å². The van der Waals surface area contributed by atoms with Gasteiger partial charge in [0.05, 0.1) is 4.47 Å². The summed E-state index contributed by atoms with van der Waals surface area (Å²) in [6, 6.07) is 13.4. The molecule has 1 atom stereocenters. The van der Waals surface area contributed by atoms with Gasteiger partial charge in [-0.05, 0) is 39.7 Å². The van der Waals surface area contributed by atoms with Gasteiger partial charge in [0.2, 0.25) is 5.91 Å². The average molecular weight is 337 g/mol. The molecule has 2 aromatic carbocycles. The number of rotatable bonds is 4. The van der Waals surface area contributed by atoms with E-state index in [0.29, 0.717) is 10.2 Å². The Labute approximate surface area is 125 Å². The van der Waals surface area contributed by atoms with Crippen LogP contribution in [-0.4, -0.2) is 5.91 Å². The van der Waals surface area contributed by atoms with Gasteiger partial charge in [0.15, 0.2) is 0 Å². The molecule has 0 heterocycles. The number of hydrogen-bond acceptors (Lipinski definition) is 2. The van der Waals surface area contributed by atoms with Gasteiger partial charge in [-0.15, -0.1) is 0 Å². The van der Waals surface area contributed by atoms with Crippen LogP contribution in [0.15, 0.2) is 53.0 Å². The van der Waals surface area contributed by atoms with Gasteiger partial charge in [-0.1, -0.05) is 30.3 Å². The first-order valence-corrected chi connectivity index (χ1v) is 6.91. The highest BCUT2D eigenvalue weighted by molar-refractivity contribution is 9.10. The minimum atomic E-state index is -0.371. The van der Waals surface area contributed by atoms with E-state index in [1.54, 1.807) is 0 Å². The molecule has 0 aliphatic rings. The van der Waals surface area contributed by atoms with Crippen molar-refractivity contribution in [2.24, 2.45) is 5.73 Å². The van der Waals surface area contributed by atoms with Crippen molar-refractivity contribution in [3.05, 3.63) is 64.4 Å². The summed E-state index contributed by atoms with van der Waals surface area (Å²) in [5.41, 5.74) is 7.41. The zero-order valence-electron chi connectivity index (χ0n) is 10.6. The number of amides is 1. The number of hydrogen-bond donors (Lipinski definition) is 2. The Morgan fingerprint density at radius 3 is 2.60 bits per heavy atom. The van der Waals surface area contributed by atoms with Crippen LogP contribution in [0.2, 0.25) is 0 Å². The molecule has 3 N–H and O–H groups in total. The highest BCUT2D eigenvalue weighted by Crippen LogP contribution is 2.21. The highest BCUT2D eigenvalue weighted by atomic mass is 79.9. The minimum absolute atomic E-state index is 0.166. The van der Waals surface area contributed by atoms with Crippen molar-refractivity contribution >= 4 is 27.5 Å². The van der Waals surface area contributed by atoms with Crippen LogP contribution < -0.4 is 11.1 Å². The molecule has 0 radical (unpaired) electrons. The molecule has 0 spiro atoms. The molecule has 0 fully saturated rings. The number of nitrogens with one attached hydrogen (secondary N) is 1. The SMILES string of the molecule is NC(CC(=O)Nc1ccc(F)c(Br)c1)c1ccccc1. The molecule has 3 nitrogen and oxygen atoms in total. The first-order chi connectivity index (χ1) is 9.56. The highest BCUT2D eigenvalue weighted by Gasteiger charge is 2.12. The van der Waals surface area contributed by atoms with Gasteiger partial charge in [0.25, 0.3) is 0 Å². The number of nitrogens with two attached hydrogens (primary N) is 1. The summed E-state index contributed by atoms with van der Waals surface area (Å²) in [6.07, 6.45) is 0.166. The summed E-state index contributed by atoms with van der Waals surface area (Å²) in [5.74, 6) is -0.580. The van der Waals surface area contributed by atoms with Crippen molar-refractivity contribution in [3.8, 4) is 0 Å². The normalized spacial score (nSPS) is 11.9. The van der Waals surface area contributed by atoms with E-state index in [-0.39, 0.29) is 24.2 Å². The summed E-state index contributed by atoms with van der Waals surface area (Å²) in [6.45, 7) is 0. The van der Waals surface area contributed by atoms with E-state index in [2.05, 4.69) is 21.2 Å². The number of benzene rings is 2. The van der Waals surface area contributed by atoms with Gasteiger partial charge >= 0.3 is 0 Å². The Morgan fingerprint density at radius 2 is 1.95 bits per heavy atom. The molecular formula is C15H14BrFN2O. The lowest BCUT2D eigenvalue weighted by Gasteiger charge is -2.12. The van der Waals surface area contributed by atoms with Crippen LogP contribution in [0.4, 0.5) is 10.1 Å². The van der Waals surface area contributed by atoms with Gasteiger partial charge in [-0.3, -0.25) is 4.79 Å². The van der Waals surface area contributed by atoms with Crippen molar-refractivity contribution in [1.82, 2.24) is 0 Å². The smallest absolute Gasteiger partial charge is 0.226 e. The van der Waals surface area contributed by atoms with Crippen molar-refractivity contribution in [1.29, 1.82) is 0 Å². The van der Waals surface area contributed by atoms with Crippen molar-refractivity contribution in [2.45, 2.75) is 12.5 Å². The van der Waals surface area contributed by atoms with E-state index in [4.69, 9.17) is 5.73 Å². The minimum Gasteiger partial charge on any atom is -0.326 e. The third-order valence-corrected chi connectivity index (χ3v) is 3.44. The predicted octanol–water partition coefficient (Wildman–Crippen LogP) is 3.62. The second-order valence-corrected chi connectivity index (χ2v) is 5.25. The number of halogens is 2. The molecule has 0 aliphatic heterocycles. The molecule has 0 aliphatic carbocycles. The maximum absolute atomic E-state index is 13.1. The van der Waals surface area contributed by atoms with Gasteiger partial charge in [-0.2, -0.15) is 0 Å². The van der Waals surface area contributed by atoms with Gasteiger partial charge < -0.3 is 11.1 Å². The molecule has 0 bridgehead atoms. The van der Waals surface area contributed by atoms with E-state index < -0.39 is 0 Å². The molecule has 2 aromatic rings. The average Bonchev–Trinajstić information content (AvgIpc) is 2.44. The Morgan fingerprint density at radius 1 is 1.25 bits per heavy atom. The molecule has 2 rings (SSSR count). The van der Waals surface area contributed by atoms with E-state index >= 15 is 0 Å². The molecule has 5 heteroatoms. The Balaban J connectivity index is 1.97. The number of carbonyl (C=O) groups is 1. The van der Waals surface area contributed by atoms with Crippen LogP contribution in [0.25, 0.3) is 0 Å². The van der Waals surface area contributed by atoms with Crippen molar-refractivity contribution in [3.63, 3.8) is 0 Å². The van der Waals surface area contributed by atoms with E-state index in [0.717, 1.165) is 5.56 Å². The lowest BCUT2D eigenvalue weighted by Crippen LogP contribution is -2.20. The quantitative estimate of drug-likeness (QED) is 0.895. The summed E-state index contributed by atoms with van der Waals surface area (Å²) >= 11 is 3.07. The Hall–Kier alpha value is -1.72. The molecule has 1 amide bonds. The van der Waals surface area contributed by atoms with Crippen LogP contribution in [0.5, 0.6) is 0 Å². The lowest BCUT2D eigenvalue weighted by molar-refractivity contribution is -0.116. The zero-order valence-corrected chi connectivity index (χ0v) is 12.2. The van der Waals surface area contributed by atoms with Crippen LogP contribution in [0, 0.1) is 5.82 Å². The van der Waals surface area contributed by atoms with E-state index in [1.165, 1.54) is 18.2 Å². The fourth-order valence-electron chi connectivity index (χ4n) is 1.80. The van der Waals surface area contributed by atoms with Crippen molar-refractivity contribution in [2.75, 3.05) is 5.32 Å². The number of anilines is 1. The molecule has 20 heavy (non-hydrogen) atoms. The third-order valence-electron chi connectivity index (χ3n) is 2.84. The largest absolute Gasteiger partial charge is 0.326 e. The second-order valence-electron chi connectivity index (χ2n) is 4.40. The first kappa shape index (κ1) is 14.7. The standard InChI is InChI=1S/C15H14BrFN2O/c16-12-8-11(6-7-13(12)17)19-15(20)9-14(18)10-4-2-1-3-5-10/h1-8,14H,9,18H2,(H,19,20). The topological polar surface area (TPSA) is 55.1 Å². The summed E-state index contributed by atoms with van der Waals surface area (Å²) in [4.78, 5) is 11.9. The zero-order chi connectivity index (χ0) is 14.5. The molecule has 1 unspecified atom stereocenters. The van der Waals surface area contributed by atoms with Gasteiger partial charge in [-0.25, -0.2) is 4.39 Å². The lowest BCUT2D eigenvalue weighted by atomic mass is 10.0. The summed E-state index contributed by atoms with van der Waals surface area (Å²) in [5, 5.41) is 2.70. The molecular weight excluding hydrogens is 323 g/mol. The second kappa shape index (κ2) is 6.63. The number of carbonyl (C=O) groups excluding carboxylic acids is 1. The fourth-order valence-corrected chi connectivity index (χ4v) is 2.18. The van der Waals surface area contributed by atoms with Gasteiger partial charge in [0.1, 0.15) is 5.82 Å². The molecule has 0 saturated heterocycles. The summed E-state index contributed by atoms with van der Waals surface area (Å²) in [7, 11) is 0. The third kappa shape index (κ3) is 3.88. The maximum Gasteiger partial charge on any atom is 0.226 e. The predicted molar refractivity (Wildman–Crippen MR) is 80.7 cm³/mol. The van der Waals surface area contributed by atoms with E-state index in [9.17, 15) is 9.18 Å². The van der Waals surface area contributed by atoms with Crippen LogP contribution in [0.1, 0.15) is 18.0 Å². The Bertz CT molecular complexity index is 604. The van der Waals surface area contributed by atoms with Crippen LogP contribution >= 0.6 is 15.9 Å². The molecule has 0 saturated carbocycles. The monoisotopic (exact) mass is 336 g/mol. The fraction of sp³-hybridized carbons (Fsp3) is 0.133. The summed E-state index contributed by atoms with van der Waals surface area (Å²) < 4.78 is 13.4.